The summed E-state index contributed by atoms with van der Waals surface area (Å²) in [5.41, 5.74) is 1.24. The highest BCUT2D eigenvalue weighted by molar-refractivity contribution is 6.43. The van der Waals surface area contributed by atoms with Gasteiger partial charge in [-0.25, -0.2) is 4.79 Å². The van der Waals surface area contributed by atoms with Crippen LogP contribution in [0.2, 0.25) is 10.0 Å². The number of para-hydroxylation sites is 1. The van der Waals surface area contributed by atoms with Gasteiger partial charge < -0.3 is 15.4 Å². The Hall–Kier alpha value is -2.50. The summed E-state index contributed by atoms with van der Waals surface area (Å²) in [7, 11) is 0. The van der Waals surface area contributed by atoms with Crippen LogP contribution in [0.5, 0.6) is 5.75 Å². The number of ether oxygens (including phenoxy) is 1. The van der Waals surface area contributed by atoms with E-state index in [-0.39, 0.29) is 6.03 Å². The minimum Gasteiger partial charge on any atom is -0.489 e. The van der Waals surface area contributed by atoms with Gasteiger partial charge in [-0.2, -0.15) is 0 Å². The van der Waals surface area contributed by atoms with Crippen molar-refractivity contribution in [2.45, 2.75) is 0 Å². The quantitative estimate of drug-likeness (QED) is 0.632. The summed E-state index contributed by atoms with van der Waals surface area (Å²) < 4.78 is 5.71. The Labute approximate surface area is 154 Å². The number of nitrogens with zero attached hydrogens (tertiary/aromatic N) is 1. The van der Waals surface area contributed by atoms with Crippen molar-refractivity contribution in [1.29, 1.82) is 0 Å². The third-order valence-corrected chi connectivity index (χ3v) is 4.26. The molecule has 3 aromatic rings. The maximum atomic E-state index is 11.9. The number of rotatable bonds is 5. The zero-order valence-corrected chi connectivity index (χ0v) is 14.6. The molecule has 1 heterocycles. The number of hydrogen-bond acceptors (Lipinski definition) is 3. The van der Waals surface area contributed by atoms with Crippen LogP contribution in [0.15, 0.2) is 54.7 Å². The zero-order chi connectivity index (χ0) is 17.6. The first kappa shape index (κ1) is 17.3. The van der Waals surface area contributed by atoms with Gasteiger partial charge in [-0.05, 0) is 24.3 Å². The average Bonchev–Trinajstić information content (AvgIpc) is 2.63. The highest BCUT2D eigenvalue weighted by Crippen LogP contribution is 2.29. The van der Waals surface area contributed by atoms with E-state index in [4.69, 9.17) is 27.9 Å². The smallest absolute Gasteiger partial charge is 0.319 e. The molecule has 0 aliphatic heterocycles. The first-order valence-electron chi connectivity index (χ1n) is 7.60. The molecule has 3 rings (SSSR count). The molecule has 1 aromatic heterocycles. The fourth-order valence-electron chi connectivity index (χ4n) is 2.29. The summed E-state index contributed by atoms with van der Waals surface area (Å²) in [4.78, 5) is 16.2. The van der Waals surface area contributed by atoms with E-state index in [0.29, 0.717) is 34.6 Å². The minimum atomic E-state index is -0.385. The lowest BCUT2D eigenvalue weighted by Gasteiger charge is -2.11. The maximum Gasteiger partial charge on any atom is 0.319 e. The van der Waals surface area contributed by atoms with Crippen LogP contribution in [-0.2, 0) is 0 Å². The molecule has 2 amide bonds. The molecule has 0 aliphatic carbocycles. The molecule has 2 aromatic carbocycles. The number of aromatic nitrogens is 1. The summed E-state index contributed by atoms with van der Waals surface area (Å²) in [6, 6.07) is 14.2. The van der Waals surface area contributed by atoms with Crippen LogP contribution in [0.1, 0.15) is 0 Å². The van der Waals surface area contributed by atoms with Crippen LogP contribution in [0, 0.1) is 0 Å². The van der Waals surface area contributed by atoms with Gasteiger partial charge in [-0.15, -0.1) is 0 Å². The van der Waals surface area contributed by atoms with E-state index < -0.39 is 0 Å². The topological polar surface area (TPSA) is 63.2 Å². The number of hydrogen-bond donors (Lipinski definition) is 2. The first-order chi connectivity index (χ1) is 12.1. The molecule has 0 fully saturated rings. The van der Waals surface area contributed by atoms with E-state index in [0.717, 1.165) is 10.9 Å². The molecule has 5 nitrogen and oxygen atoms in total. The van der Waals surface area contributed by atoms with Gasteiger partial charge in [0.15, 0.2) is 0 Å². The van der Waals surface area contributed by atoms with Crippen LogP contribution in [-0.4, -0.2) is 24.2 Å². The number of amides is 2. The van der Waals surface area contributed by atoms with Crippen molar-refractivity contribution in [2.75, 3.05) is 18.5 Å². The lowest BCUT2D eigenvalue weighted by Crippen LogP contribution is -2.32. The van der Waals surface area contributed by atoms with Crippen molar-refractivity contribution in [3.8, 4) is 5.75 Å². The van der Waals surface area contributed by atoms with E-state index >= 15 is 0 Å². The van der Waals surface area contributed by atoms with Crippen molar-refractivity contribution < 1.29 is 9.53 Å². The molecular weight excluding hydrogens is 361 g/mol. The number of carbonyl (C=O) groups is 1. The number of nitrogens with one attached hydrogen (secondary N) is 2. The van der Waals surface area contributed by atoms with E-state index in [9.17, 15) is 4.79 Å². The number of halogens is 2. The Bertz CT molecular complexity index is 897. The minimum absolute atomic E-state index is 0.303. The molecule has 0 aliphatic rings. The Morgan fingerprint density at radius 1 is 1.08 bits per heavy atom. The van der Waals surface area contributed by atoms with Gasteiger partial charge in [0.25, 0.3) is 0 Å². The molecule has 0 saturated heterocycles. The standard InChI is InChI=1S/C18H15Cl2N3O2/c19-13-6-2-7-14(16(13)20)23-18(24)22-10-11-25-15-8-1-4-12-5-3-9-21-17(12)15/h1-9H,10-11H2,(H2,22,23,24). The van der Waals surface area contributed by atoms with Crippen LogP contribution in [0.25, 0.3) is 10.9 Å². The van der Waals surface area contributed by atoms with E-state index in [1.165, 1.54) is 0 Å². The van der Waals surface area contributed by atoms with Crippen LogP contribution in [0.4, 0.5) is 10.5 Å². The first-order valence-corrected chi connectivity index (χ1v) is 8.36. The SMILES string of the molecule is O=C(NCCOc1cccc2cccnc12)Nc1cccc(Cl)c1Cl. The predicted molar refractivity (Wildman–Crippen MR) is 101 cm³/mol. The number of urea groups is 1. The average molecular weight is 376 g/mol. The van der Waals surface area contributed by atoms with Gasteiger partial charge in [0.05, 0.1) is 22.3 Å². The van der Waals surface area contributed by atoms with Crippen LogP contribution < -0.4 is 15.4 Å². The molecule has 0 radical (unpaired) electrons. The molecule has 0 bridgehead atoms. The van der Waals surface area contributed by atoms with Gasteiger partial charge >= 0.3 is 6.03 Å². The van der Waals surface area contributed by atoms with Crippen molar-refractivity contribution in [3.63, 3.8) is 0 Å². The van der Waals surface area contributed by atoms with Crippen molar-refractivity contribution in [1.82, 2.24) is 10.3 Å². The highest BCUT2D eigenvalue weighted by Gasteiger charge is 2.08. The fourth-order valence-corrected chi connectivity index (χ4v) is 2.63. The maximum absolute atomic E-state index is 11.9. The van der Waals surface area contributed by atoms with Crippen molar-refractivity contribution >= 4 is 45.8 Å². The second-order valence-electron chi connectivity index (χ2n) is 5.16. The Morgan fingerprint density at radius 2 is 1.88 bits per heavy atom. The third kappa shape index (κ3) is 4.32. The number of pyridine rings is 1. The number of carbonyl (C=O) groups excluding carboxylic acids is 1. The second-order valence-corrected chi connectivity index (χ2v) is 5.95. The van der Waals surface area contributed by atoms with Gasteiger partial charge in [0, 0.05) is 11.6 Å². The molecular formula is C18H15Cl2N3O2. The second kappa shape index (κ2) is 8.05. The molecule has 0 spiro atoms. The summed E-state index contributed by atoms with van der Waals surface area (Å²) >= 11 is 11.9. The van der Waals surface area contributed by atoms with Gasteiger partial charge in [-0.1, -0.05) is 47.5 Å². The van der Waals surface area contributed by atoms with E-state index in [1.807, 2.05) is 30.3 Å². The Kier molecular flexibility index (Phi) is 5.58. The van der Waals surface area contributed by atoms with Crippen molar-refractivity contribution in [2.24, 2.45) is 0 Å². The summed E-state index contributed by atoms with van der Waals surface area (Å²) in [5, 5.41) is 7.03. The van der Waals surface area contributed by atoms with E-state index in [1.54, 1.807) is 24.4 Å². The van der Waals surface area contributed by atoms with Crippen LogP contribution >= 0.6 is 23.2 Å². The Morgan fingerprint density at radius 3 is 2.76 bits per heavy atom. The van der Waals surface area contributed by atoms with Crippen LogP contribution in [0.3, 0.4) is 0 Å². The molecule has 0 saturated carbocycles. The summed E-state index contributed by atoms with van der Waals surface area (Å²) in [6.07, 6.45) is 1.72. The van der Waals surface area contributed by atoms with Gasteiger partial charge in [-0.3, -0.25) is 4.98 Å². The monoisotopic (exact) mass is 375 g/mol. The normalized spacial score (nSPS) is 10.5. The third-order valence-electron chi connectivity index (χ3n) is 3.44. The molecule has 0 atom stereocenters. The number of anilines is 1. The molecule has 0 unspecified atom stereocenters. The number of benzene rings is 2. The largest absolute Gasteiger partial charge is 0.489 e. The highest BCUT2D eigenvalue weighted by atomic mass is 35.5. The molecule has 2 N–H and O–H groups in total. The zero-order valence-electron chi connectivity index (χ0n) is 13.1. The van der Waals surface area contributed by atoms with Crippen molar-refractivity contribution in [3.05, 3.63) is 64.8 Å². The fraction of sp³-hybridized carbons (Fsp3) is 0.111. The summed E-state index contributed by atoms with van der Waals surface area (Å²) in [6.45, 7) is 0.639. The Balaban J connectivity index is 1.51. The lowest BCUT2D eigenvalue weighted by atomic mass is 10.2. The predicted octanol–water partition coefficient (Wildman–Crippen LogP) is 4.74. The lowest BCUT2D eigenvalue weighted by molar-refractivity contribution is 0.247. The summed E-state index contributed by atoms with van der Waals surface area (Å²) in [5.74, 6) is 0.679. The van der Waals surface area contributed by atoms with Gasteiger partial charge in [0.1, 0.15) is 17.9 Å². The number of fused-ring (bicyclic) bond motifs is 1. The molecule has 25 heavy (non-hydrogen) atoms. The van der Waals surface area contributed by atoms with E-state index in [2.05, 4.69) is 15.6 Å². The molecule has 7 heteroatoms. The molecule has 128 valence electrons. The van der Waals surface area contributed by atoms with Gasteiger partial charge in [0.2, 0.25) is 0 Å².